The van der Waals surface area contributed by atoms with Crippen LogP contribution in [0.3, 0.4) is 0 Å². The number of amides is 2. The molecule has 5 aromatic rings. The van der Waals surface area contributed by atoms with Gasteiger partial charge >= 0.3 is 0 Å². The molecule has 8 nitrogen and oxygen atoms in total. The minimum Gasteiger partial charge on any atom is -0.383 e. The quantitative estimate of drug-likeness (QED) is 0.0940. The number of pyridine rings is 2. The van der Waals surface area contributed by atoms with Crippen LogP contribution in [0.1, 0.15) is 42.4 Å². The lowest BCUT2D eigenvalue weighted by Crippen LogP contribution is -2.35. The number of fused-ring (bicyclic) bond motifs is 1. The lowest BCUT2D eigenvalue weighted by Gasteiger charge is -2.17. The second kappa shape index (κ2) is 14.0. The summed E-state index contributed by atoms with van der Waals surface area (Å²) in [4.78, 5) is 36.3. The highest BCUT2D eigenvalue weighted by atomic mass is 32.1. The Morgan fingerprint density at radius 2 is 1.66 bits per heavy atom. The van der Waals surface area contributed by atoms with E-state index in [1.807, 2.05) is 31.3 Å². The van der Waals surface area contributed by atoms with Gasteiger partial charge in [0, 0.05) is 43.3 Å². The third-order valence-electron chi connectivity index (χ3n) is 8.51. The molecule has 11 heteroatoms. The molecular weight excluding hydrogens is 620 g/mol. The van der Waals surface area contributed by atoms with E-state index in [-0.39, 0.29) is 11.6 Å². The van der Waals surface area contributed by atoms with Gasteiger partial charge in [0.1, 0.15) is 17.0 Å². The molecule has 2 aromatic carbocycles. The topological polar surface area (TPSA) is 105 Å². The van der Waals surface area contributed by atoms with Gasteiger partial charge in [-0.2, -0.15) is 0 Å². The number of carbonyl (C=O) groups excluding carboxylic acids is 2. The van der Waals surface area contributed by atoms with Gasteiger partial charge in [0.05, 0.1) is 27.4 Å². The van der Waals surface area contributed by atoms with Crippen LogP contribution in [0, 0.1) is 17.0 Å². The van der Waals surface area contributed by atoms with Gasteiger partial charge in [-0.1, -0.05) is 19.1 Å². The number of benzene rings is 2. The first-order chi connectivity index (χ1) is 22.8. The number of nitrogens with one attached hydrogen (secondary N) is 3. The number of methoxy groups -OCH3 is 1. The van der Waals surface area contributed by atoms with E-state index in [4.69, 9.17) is 9.72 Å². The number of anilines is 2. The summed E-state index contributed by atoms with van der Waals surface area (Å²) >= 11 is 1.58. The van der Waals surface area contributed by atoms with Crippen LogP contribution in [-0.4, -0.2) is 48.6 Å². The first kappa shape index (κ1) is 32.4. The third kappa shape index (κ3) is 7.22. The highest BCUT2D eigenvalue weighted by Crippen LogP contribution is 2.47. The van der Waals surface area contributed by atoms with Crippen LogP contribution >= 0.6 is 11.3 Å². The maximum absolute atomic E-state index is 15.6. The van der Waals surface area contributed by atoms with Crippen molar-refractivity contribution in [3.05, 3.63) is 107 Å². The van der Waals surface area contributed by atoms with Crippen LogP contribution in [0.2, 0.25) is 0 Å². The number of aromatic nitrogens is 2. The number of thiophene rings is 1. The Kier molecular flexibility index (Phi) is 9.67. The molecule has 242 valence electrons. The average Bonchev–Trinajstić information content (AvgIpc) is 3.78. The van der Waals surface area contributed by atoms with Gasteiger partial charge in [-0.25, -0.2) is 8.78 Å². The standard InChI is InChI=1S/C36H35F2N5O3S/c1-22(28-12-16-40-31-20-32(47-33(28)31)30-10-3-23(21-41-30)11-15-39-17-18-46-2)27-9-8-26(19-29(27)38)43-35(45)36(13-14-36)34(44)42-25-6-4-24(37)5-7-25/h3-10,12,16,19-22,39H,11,13-15,17-18H2,1-2H3,(H,42,44)(H,43,45). The summed E-state index contributed by atoms with van der Waals surface area (Å²) in [6, 6.07) is 18.0. The van der Waals surface area contributed by atoms with E-state index in [1.165, 1.54) is 30.3 Å². The van der Waals surface area contributed by atoms with Crippen molar-refractivity contribution in [2.24, 2.45) is 5.41 Å². The lowest BCUT2D eigenvalue weighted by atomic mass is 9.92. The molecule has 3 N–H and O–H groups in total. The van der Waals surface area contributed by atoms with Crippen LogP contribution in [0.15, 0.2) is 79.1 Å². The summed E-state index contributed by atoms with van der Waals surface area (Å²) < 4.78 is 34.8. The van der Waals surface area contributed by atoms with Gasteiger partial charge < -0.3 is 20.7 Å². The van der Waals surface area contributed by atoms with Crippen LogP contribution in [-0.2, 0) is 20.7 Å². The minimum atomic E-state index is -1.24. The van der Waals surface area contributed by atoms with Gasteiger partial charge in [-0.3, -0.25) is 19.6 Å². The zero-order valence-corrected chi connectivity index (χ0v) is 26.9. The Bertz CT molecular complexity index is 1890. The zero-order chi connectivity index (χ0) is 33.0. The molecule has 1 aliphatic carbocycles. The second-order valence-corrected chi connectivity index (χ2v) is 12.8. The SMILES string of the molecule is COCCNCCc1ccc(-c2cc3nccc(C(C)c4ccc(NC(=O)C5(C(=O)Nc6ccc(F)cc6)CC5)cc4F)c3s2)nc1. The van der Waals surface area contributed by atoms with Crippen molar-refractivity contribution < 1.29 is 23.1 Å². The van der Waals surface area contributed by atoms with Crippen LogP contribution in [0.25, 0.3) is 20.8 Å². The molecule has 0 aliphatic heterocycles. The first-order valence-corrected chi connectivity index (χ1v) is 16.3. The van der Waals surface area contributed by atoms with E-state index in [1.54, 1.807) is 36.8 Å². The summed E-state index contributed by atoms with van der Waals surface area (Å²) in [5, 5.41) is 8.74. The van der Waals surface area contributed by atoms with Crippen molar-refractivity contribution in [3.63, 3.8) is 0 Å². The molecule has 0 radical (unpaired) electrons. The number of hydrogen-bond donors (Lipinski definition) is 3. The van der Waals surface area contributed by atoms with Crippen molar-refractivity contribution in [1.82, 2.24) is 15.3 Å². The van der Waals surface area contributed by atoms with Gasteiger partial charge in [0.15, 0.2) is 0 Å². The minimum absolute atomic E-state index is 0.267. The Labute approximate surface area is 275 Å². The Morgan fingerprint density at radius 3 is 2.34 bits per heavy atom. The largest absolute Gasteiger partial charge is 0.383 e. The molecule has 3 heterocycles. The summed E-state index contributed by atoms with van der Waals surface area (Å²) in [6.07, 6.45) is 5.24. The highest BCUT2D eigenvalue weighted by molar-refractivity contribution is 7.22. The number of nitrogens with zero attached hydrogens (tertiary/aromatic N) is 2. The third-order valence-corrected chi connectivity index (χ3v) is 9.70. The Balaban J connectivity index is 1.13. The van der Waals surface area contributed by atoms with E-state index in [9.17, 15) is 14.0 Å². The molecule has 0 saturated heterocycles. The van der Waals surface area contributed by atoms with Crippen molar-refractivity contribution in [1.29, 1.82) is 0 Å². The Hall–Kier alpha value is -4.58. The fraction of sp³-hybridized carbons (Fsp3) is 0.278. The van der Waals surface area contributed by atoms with Crippen LogP contribution in [0.5, 0.6) is 0 Å². The van der Waals surface area contributed by atoms with Gasteiger partial charge in [-0.05, 0) is 97.1 Å². The van der Waals surface area contributed by atoms with E-state index in [0.717, 1.165) is 51.4 Å². The molecule has 0 bridgehead atoms. The van der Waals surface area contributed by atoms with Crippen molar-refractivity contribution in [2.75, 3.05) is 37.4 Å². The lowest BCUT2D eigenvalue weighted by molar-refractivity contribution is -0.131. The van der Waals surface area contributed by atoms with Gasteiger partial charge in [0.25, 0.3) is 0 Å². The number of carbonyl (C=O) groups is 2. The predicted octanol–water partition coefficient (Wildman–Crippen LogP) is 6.92. The average molecular weight is 656 g/mol. The normalized spacial score (nSPS) is 14.1. The molecule has 47 heavy (non-hydrogen) atoms. The molecule has 1 saturated carbocycles. The number of hydrogen-bond acceptors (Lipinski definition) is 7. The second-order valence-electron chi connectivity index (χ2n) is 11.7. The molecule has 6 rings (SSSR count). The summed E-state index contributed by atoms with van der Waals surface area (Å²) in [5.41, 5.74) is 3.65. The summed E-state index contributed by atoms with van der Waals surface area (Å²) in [6.45, 7) is 4.28. The molecule has 1 atom stereocenters. The Morgan fingerprint density at radius 1 is 0.915 bits per heavy atom. The molecule has 0 spiro atoms. The maximum atomic E-state index is 15.6. The first-order valence-electron chi connectivity index (χ1n) is 15.5. The fourth-order valence-corrected chi connectivity index (χ4v) is 6.71. The zero-order valence-electron chi connectivity index (χ0n) is 26.1. The molecule has 3 aromatic heterocycles. The van der Waals surface area contributed by atoms with Crippen LogP contribution in [0.4, 0.5) is 20.2 Å². The van der Waals surface area contributed by atoms with Crippen LogP contribution < -0.4 is 16.0 Å². The molecule has 1 unspecified atom stereocenters. The maximum Gasteiger partial charge on any atom is 0.240 e. The molecular formula is C36H35F2N5O3S. The molecule has 2 amide bonds. The predicted molar refractivity (Wildman–Crippen MR) is 181 cm³/mol. The molecule has 1 fully saturated rings. The van der Waals surface area contributed by atoms with Crippen molar-refractivity contribution >= 4 is 44.7 Å². The van der Waals surface area contributed by atoms with E-state index in [2.05, 4.69) is 27.0 Å². The van der Waals surface area contributed by atoms with E-state index in [0.29, 0.717) is 30.7 Å². The van der Waals surface area contributed by atoms with E-state index >= 15 is 4.39 Å². The summed E-state index contributed by atoms with van der Waals surface area (Å²) in [7, 11) is 1.69. The number of rotatable bonds is 13. The number of ether oxygens (including phenoxy) is 1. The van der Waals surface area contributed by atoms with Crippen molar-refractivity contribution in [2.45, 2.75) is 32.1 Å². The molecule has 1 aliphatic rings. The van der Waals surface area contributed by atoms with Crippen molar-refractivity contribution in [3.8, 4) is 10.6 Å². The summed E-state index contributed by atoms with van der Waals surface area (Å²) in [5.74, 6) is -2.16. The smallest absolute Gasteiger partial charge is 0.240 e. The van der Waals surface area contributed by atoms with Gasteiger partial charge in [-0.15, -0.1) is 11.3 Å². The fourth-order valence-electron chi connectivity index (χ4n) is 5.52. The van der Waals surface area contributed by atoms with Gasteiger partial charge in [0.2, 0.25) is 11.8 Å². The monoisotopic (exact) mass is 655 g/mol. The van der Waals surface area contributed by atoms with E-state index < -0.39 is 28.9 Å². The highest BCUT2D eigenvalue weighted by Gasteiger charge is 2.56. The number of halogens is 2.